The number of carbonyl (C=O) groups is 2. The minimum Gasteiger partial charge on any atom is -0.351 e. The SMILES string of the molecule is CCCC(C)(C)NC(=O)CCC(=O)C(C#N)=C1N(C)c2ccccc2N1C. The van der Waals surface area contributed by atoms with Crippen LogP contribution in [-0.4, -0.2) is 31.3 Å². The molecule has 2 rings (SSSR count). The molecule has 1 amide bonds. The molecule has 0 fully saturated rings. The molecule has 0 aliphatic carbocycles. The van der Waals surface area contributed by atoms with Crippen molar-refractivity contribution in [1.82, 2.24) is 5.32 Å². The van der Waals surface area contributed by atoms with Crippen LogP contribution in [0.1, 0.15) is 46.5 Å². The Bertz CT molecular complexity index is 774. The molecule has 0 atom stereocenters. The van der Waals surface area contributed by atoms with Gasteiger partial charge in [-0.2, -0.15) is 5.26 Å². The number of fused-ring (bicyclic) bond motifs is 1. The number of anilines is 2. The zero-order chi connectivity index (χ0) is 20.2. The lowest BCUT2D eigenvalue weighted by molar-refractivity contribution is -0.125. The van der Waals surface area contributed by atoms with Crippen molar-refractivity contribution in [3.63, 3.8) is 0 Å². The van der Waals surface area contributed by atoms with Crippen LogP contribution in [0.3, 0.4) is 0 Å². The lowest BCUT2D eigenvalue weighted by Crippen LogP contribution is -2.43. The average molecular weight is 368 g/mol. The van der Waals surface area contributed by atoms with Crippen LogP contribution >= 0.6 is 0 Å². The molecule has 1 aliphatic heterocycles. The van der Waals surface area contributed by atoms with Crippen molar-refractivity contribution in [2.75, 3.05) is 23.9 Å². The highest BCUT2D eigenvalue weighted by molar-refractivity contribution is 6.03. The number of para-hydroxylation sites is 2. The van der Waals surface area contributed by atoms with Gasteiger partial charge < -0.3 is 15.1 Å². The van der Waals surface area contributed by atoms with E-state index in [0.29, 0.717) is 5.82 Å². The van der Waals surface area contributed by atoms with Gasteiger partial charge in [-0.1, -0.05) is 25.5 Å². The second-order valence-corrected chi connectivity index (χ2v) is 7.52. The van der Waals surface area contributed by atoms with Crippen molar-refractivity contribution in [1.29, 1.82) is 5.26 Å². The summed E-state index contributed by atoms with van der Waals surface area (Å²) in [5, 5.41) is 12.6. The largest absolute Gasteiger partial charge is 0.351 e. The number of rotatable bonds is 7. The summed E-state index contributed by atoms with van der Waals surface area (Å²) in [4.78, 5) is 28.6. The van der Waals surface area contributed by atoms with Gasteiger partial charge in [0.25, 0.3) is 0 Å². The van der Waals surface area contributed by atoms with Crippen LogP contribution in [0.5, 0.6) is 0 Å². The zero-order valence-corrected chi connectivity index (χ0v) is 16.8. The maximum Gasteiger partial charge on any atom is 0.220 e. The summed E-state index contributed by atoms with van der Waals surface area (Å²) in [5.74, 6) is 0.0679. The molecule has 1 aromatic carbocycles. The maximum absolute atomic E-state index is 12.7. The van der Waals surface area contributed by atoms with Gasteiger partial charge in [0.05, 0.1) is 11.4 Å². The molecule has 1 aromatic rings. The number of nitrogens with zero attached hydrogens (tertiary/aromatic N) is 3. The van der Waals surface area contributed by atoms with Gasteiger partial charge in [-0.3, -0.25) is 9.59 Å². The Balaban J connectivity index is 2.12. The van der Waals surface area contributed by atoms with Crippen molar-refractivity contribution in [2.24, 2.45) is 0 Å². The zero-order valence-electron chi connectivity index (χ0n) is 16.8. The quantitative estimate of drug-likeness (QED) is 0.590. The Labute approximate surface area is 161 Å². The standard InChI is InChI=1S/C21H28N4O2/c1-6-13-21(2,3)23-19(27)12-11-18(26)15(14-22)20-24(4)16-9-7-8-10-17(16)25(20)5/h7-10H,6,11-13H2,1-5H3,(H,23,27). The number of amides is 1. The normalized spacial score (nSPS) is 13.3. The molecule has 27 heavy (non-hydrogen) atoms. The average Bonchev–Trinajstić information content (AvgIpc) is 2.86. The molecule has 144 valence electrons. The van der Waals surface area contributed by atoms with E-state index in [1.165, 1.54) is 0 Å². The van der Waals surface area contributed by atoms with Crippen molar-refractivity contribution in [3.05, 3.63) is 35.7 Å². The molecule has 6 nitrogen and oxygen atoms in total. The number of hydrogen-bond acceptors (Lipinski definition) is 5. The summed E-state index contributed by atoms with van der Waals surface area (Å²) in [6, 6.07) is 9.78. The van der Waals surface area contributed by atoms with Crippen LogP contribution < -0.4 is 15.1 Å². The Hall–Kier alpha value is -2.81. The third kappa shape index (κ3) is 4.48. The predicted molar refractivity (Wildman–Crippen MR) is 107 cm³/mol. The number of allylic oxidation sites excluding steroid dienone is 1. The van der Waals surface area contributed by atoms with Crippen molar-refractivity contribution >= 4 is 23.1 Å². The van der Waals surface area contributed by atoms with Crippen LogP contribution in [0.4, 0.5) is 11.4 Å². The summed E-state index contributed by atoms with van der Waals surface area (Å²) in [6.07, 6.45) is 1.92. The number of benzene rings is 1. The van der Waals surface area contributed by atoms with Crippen molar-refractivity contribution in [2.45, 2.75) is 52.0 Å². The third-order valence-corrected chi connectivity index (χ3v) is 4.79. The highest BCUT2D eigenvalue weighted by Crippen LogP contribution is 2.40. The van der Waals surface area contributed by atoms with Gasteiger partial charge in [0.15, 0.2) is 5.78 Å². The Morgan fingerprint density at radius 2 is 1.67 bits per heavy atom. The minimum absolute atomic E-state index is 0.0124. The molecule has 1 N–H and O–H groups in total. The van der Waals surface area contributed by atoms with E-state index in [1.54, 1.807) is 0 Å². The van der Waals surface area contributed by atoms with E-state index >= 15 is 0 Å². The van der Waals surface area contributed by atoms with Crippen LogP contribution in [-0.2, 0) is 9.59 Å². The molecule has 6 heteroatoms. The molecule has 1 heterocycles. The van der Waals surface area contributed by atoms with E-state index in [2.05, 4.69) is 12.2 Å². The number of Topliss-reactive ketones (excluding diaryl/α,β-unsaturated/α-hetero) is 1. The third-order valence-electron chi connectivity index (χ3n) is 4.79. The fourth-order valence-electron chi connectivity index (χ4n) is 3.54. The molecule has 0 unspecified atom stereocenters. The predicted octanol–water partition coefficient (Wildman–Crippen LogP) is 3.35. The first kappa shape index (κ1) is 20.5. The summed E-state index contributed by atoms with van der Waals surface area (Å²) >= 11 is 0. The monoisotopic (exact) mass is 368 g/mol. The molecular formula is C21H28N4O2. The second-order valence-electron chi connectivity index (χ2n) is 7.52. The summed E-state index contributed by atoms with van der Waals surface area (Å²) in [7, 11) is 3.67. The first-order valence-electron chi connectivity index (χ1n) is 9.27. The molecule has 0 radical (unpaired) electrons. The number of hydrogen-bond donors (Lipinski definition) is 1. The van der Waals surface area contributed by atoms with Gasteiger partial charge in [-0.25, -0.2) is 0 Å². The van der Waals surface area contributed by atoms with Gasteiger partial charge in [0.2, 0.25) is 5.91 Å². The van der Waals surface area contributed by atoms with Crippen LogP contribution in [0, 0.1) is 11.3 Å². The van der Waals surface area contributed by atoms with Crippen molar-refractivity contribution in [3.8, 4) is 6.07 Å². The van der Waals surface area contributed by atoms with Gasteiger partial charge >= 0.3 is 0 Å². The van der Waals surface area contributed by atoms with E-state index in [0.717, 1.165) is 24.2 Å². The van der Waals surface area contributed by atoms with Crippen molar-refractivity contribution < 1.29 is 9.59 Å². The number of carbonyl (C=O) groups excluding carboxylic acids is 2. The summed E-state index contributed by atoms with van der Waals surface area (Å²) in [5.41, 5.74) is 1.67. The molecular weight excluding hydrogens is 340 g/mol. The van der Waals surface area contributed by atoms with E-state index in [4.69, 9.17) is 0 Å². The minimum atomic E-state index is -0.317. The molecule has 0 saturated heterocycles. The first-order chi connectivity index (χ1) is 12.7. The Kier molecular flexibility index (Phi) is 6.27. The fraction of sp³-hybridized carbons (Fsp3) is 0.476. The van der Waals surface area contributed by atoms with E-state index < -0.39 is 0 Å². The number of nitrogens with one attached hydrogen (secondary N) is 1. The first-order valence-corrected chi connectivity index (χ1v) is 9.27. The molecule has 0 spiro atoms. The van der Waals surface area contributed by atoms with Gasteiger partial charge in [0, 0.05) is 32.5 Å². The smallest absolute Gasteiger partial charge is 0.220 e. The lowest BCUT2D eigenvalue weighted by atomic mass is 9.98. The number of nitriles is 1. The van der Waals surface area contributed by atoms with E-state index in [9.17, 15) is 14.9 Å². The molecule has 0 bridgehead atoms. The topological polar surface area (TPSA) is 76.4 Å². The van der Waals surface area contributed by atoms with Crippen LogP contribution in [0.2, 0.25) is 0 Å². The molecule has 0 aromatic heterocycles. The van der Waals surface area contributed by atoms with Gasteiger partial charge in [-0.05, 0) is 32.4 Å². The highest BCUT2D eigenvalue weighted by atomic mass is 16.2. The summed E-state index contributed by atoms with van der Waals surface area (Å²) in [6.45, 7) is 6.01. The Morgan fingerprint density at radius 3 is 2.15 bits per heavy atom. The van der Waals surface area contributed by atoms with Gasteiger partial charge in [-0.15, -0.1) is 0 Å². The molecule has 1 aliphatic rings. The highest BCUT2D eigenvalue weighted by Gasteiger charge is 2.31. The van der Waals surface area contributed by atoms with Gasteiger partial charge in [0.1, 0.15) is 17.5 Å². The van der Waals surface area contributed by atoms with Crippen LogP contribution in [0.25, 0.3) is 0 Å². The van der Waals surface area contributed by atoms with E-state index in [1.807, 2.05) is 68.1 Å². The molecule has 0 saturated carbocycles. The van der Waals surface area contributed by atoms with E-state index in [-0.39, 0.29) is 35.6 Å². The Morgan fingerprint density at radius 1 is 1.11 bits per heavy atom. The maximum atomic E-state index is 12.7. The second kappa shape index (κ2) is 8.26. The number of ketones is 1. The lowest BCUT2D eigenvalue weighted by Gasteiger charge is -2.25. The van der Waals surface area contributed by atoms with Crippen LogP contribution in [0.15, 0.2) is 35.7 Å². The fourth-order valence-corrected chi connectivity index (χ4v) is 3.54. The summed E-state index contributed by atoms with van der Waals surface area (Å²) < 4.78 is 0.